The lowest BCUT2D eigenvalue weighted by atomic mass is 10.00. The minimum absolute atomic E-state index is 0.952. The van der Waals surface area contributed by atoms with Crippen molar-refractivity contribution in [3.8, 4) is 0 Å². The molecule has 0 bridgehead atoms. The van der Waals surface area contributed by atoms with E-state index in [9.17, 15) is 0 Å². The third-order valence-electron chi connectivity index (χ3n) is 3.17. The average molecular weight is 184 g/mol. The van der Waals surface area contributed by atoms with Crippen LogP contribution in [0.25, 0.3) is 0 Å². The van der Waals surface area contributed by atoms with Gasteiger partial charge in [0.25, 0.3) is 0 Å². The molecule has 1 heterocycles. The van der Waals surface area contributed by atoms with E-state index in [4.69, 9.17) is 0 Å². The molecule has 1 fully saturated rings. The zero-order valence-corrected chi connectivity index (χ0v) is 9.42. The molecule has 2 nitrogen and oxygen atoms in total. The van der Waals surface area contributed by atoms with E-state index < -0.39 is 0 Å². The SMILES string of the molecule is CCN(CC)CN1CCC(C)CC1. The van der Waals surface area contributed by atoms with Crippen molar-refractivity contribution in [3.05, 3.63) is 0 Å². The molecule has 0 aromatic rings. The van der Waals surface area contributed by atoms with Crippen LogP contribution in [0, 0.1) is 5.92 Å². The number of likely N-dealkylation sites (tertiary alicyclic amines) is 1. The molecule has 78 valence electrons. The van der Waals surface area contributed by atoms with Crippen molar-refractivity contribution in [2.75, 3.05) is 32.8 Å². The molecule has 0 aromatic heterocycles. The van der Waals surface area contributed by atoms with E-state index in [1.807, 2.05) is 0 Å². The van der Waals surface area contributed by atoms with E-state index in [1.165, 1.54) is 45.7 Å². The number of hydrogen-bond acceptors (Lipinski definition) is 2. The molecule has 0 N–H and O–H groups in total. The molecule has 0 amide bonds. The Kier molecular flexibility index (Phi) is 4.74. The van der Waals surface area contributed by atoms with Crippen molar-refractivity contribution in [2.24, 2.45) is 5.92 Å². The number of rotatable bonds is 4. The Hall–Kier alpha value is -0.0800. The van der Waals surface area contributed by atoms with Crippen LogP contribution in [0.3, 0.4) is 0 Å². The molecule has 0 spiro atoms. The first kappa shape index (κ1) is 11.0. The van der Waals surface area contributed by atoms with Gasteiger partial charge in [0.15, 0.2) is 0 Å². The highest BCUT2D eigenvalue weighted by molar-refractivity contribution is 4.69. The van der Waals surface area contributed by atoms with Crippen LogP contribution in [0.15, 0.2) is 0 Å². The van der Waals surface area contributed by atoms with E-state index >= 15 is 0 Å². The summed E-state index contributed by atoms with van der Waals surface area (Å²) in [6, 6.07) is 0. The maximum atomic E-state index is 2.59. The van der Waals surface area contributed by atoms with E-state index in [0.29, 0.717) is 0 Å². The van der Waals surface area contributed by atoms with Crippen LogP contribution in [-0.2, 0) is 0 Å². The number of hydrogen-bond donors (Lipinski definition) is 0. The largest absolute Gasteiger partial charge is 0.291 e. The van der Waals surface area contributed by atoms with Gasteiger partial charge < -0.3 is 0 Å². The first-order chi connectivity index (χ1) is 6.26. The molecule has 13 heavy (non-hydrogen) atoms. The number of piperidine rings is 1. The van der Waals surface area contributed by atoms with Crippen molar-refractivity contribution in [2.45, 2.75) is 33.6 Å². The van der Waals surface area contributed by atoms with Crippen molar-refractivity contribution < 1.29 is 0 Å². The molecule has 0 aliphatic carbocycles. The fourth-order valence-corrected chi connectivity index (χ4v) is 1.91. The molecule has 1 aliphatic heterocycles. The Labute approximate surface area is 82.9 Å². The lowest BCUT2D eigenvalue weighted by molar-refractivity contribution is 0.106. The fraction of sp³-hybridized carbons (Fsp3) is 1.00. The van der Waals surface area contributed by atoms with Crippen LogP contribution in [0.1, 0.15) is 33.6 Å². The number of nitrogens with zero attached hydrogens (tertiary/aromatic N) is 2. The summed E-state index contributed by atoms with van der Waals surface area (Å²) in [6.45, 7) is 13.0. The van der Waals surface area contributed by atoms with Gasteiger partial charge in [-0.25, -0.2) is 0 Å². The highest BCUT2D eigenvalue weighted by Gasteiger charge is 2.16. The standard InChI is InChI=1S/C11H24N2/c1-4-12(5-2)10-13-8-6-11(3)7-9-13/h11H,4-10H2,1-3H3. The molecule has 0 atom stereocenters. The van der Waals surface area contributed by atoms with Crippen LogP contribution < -0.4 is 0 Å². The Balaban J connectivity index is 2.21. The fourth-order valence-electron chi connectivity index (χ4n) is 1.91. The van der Waals surface area contributed by atoms with Crippen LogP contribution >= 0.6 is 0 Å². The minimum atomic E-state index is 0.952. The Bertz CT molecular complexity index is 124. The average Bonchev–Trinajstić information content (AvgIpc) is 2.17. The quantitative estimate of drug-likeness (QED) is 0.659. The second-order valence-electron chi connectivity index (χ2n) is 4.25. The second-order valence-corrected chi connectivity index (χ2v) is 4.25. The van der Waals surface area contributed by atoms with Crippen LogP contribution in [0.4, 0.5) is 0 Å². The van der Waals surface area contributed by atoms with Crippen molar-refractivity contribution >= 4 is 0 Å². The predicted molar refractivity (Wildman–Crippen MR) is 57.8 cm³/mol. The minimum Gasteiger partial charge on any atom is -0.291 e. The van der Waals surface area contributed by atoms with Crippen molar-refractivity contribution in [1.82, 2.24) is 9.80 Å². The Morgan fingerprint density at radius 3 is 2.15 bits per heavy atom. The first-order valence-corrected chi connectivity index (χ1v) is 5.71. The van der Waals surface area contributed by atoms with Gasteiger partial charge in [-0.3, -0.25) is 9.80 Å². The predicted octanol–water partition coefficient (Wildman–Crippen LogP) is 2.02. The maximum absolute atomic E-state index is 2.59. The lowest BCUT2D eigenvalue weighted by Gasteiger charge is -2.33. The molecular formula is C11H24N2. The van der Waals surface area contributed by atoms with Crippen LogP contribution in [-0.4, -0.2) is 42.6 Å². The highest BCUT2D eigenvalue weighted by Crippen LogP contribution is 2.15. The van der Waals surface area contributed by atoms with Crippen molar-refractivity contribution in [1.29, 1.82) is 0 Å². The Morgan fingerprint density at radius 2 is 1.69 bits per heavy atom. The summed E-state index contributed by atoms with van der Waals surface area (Å²) < 4.78 is 0. The smallest absolute Gasteiger partial charge is 0.0505 e. The van der Waals surface area contributed by atoms with Gasteiger partial charge in [0.2, 0.25) is 0 Å². The topological polar surface area (TPSA) is 6.48 Å². The van der Waals surface area contributed by atoms with E-state index in [2.05, 4.69) is 30.6 Å². The summed E-state index contributed by atoms with van der Waals surface area (Å²) in [5, 5.41) is 0. The molecular weight excluding hydrogens is 160 g/mol. The monoisotopic (exact) mass is 184 g/mol. The molecule has 0 aromatic carbocycles. The molecule has 0 saturated carbocycles. The normalized spacial score (nSPS) is 21.2. The molecule has 1 aliphatic rings. The summed E-state index contributed by atoms with van der Waals surface area (Å²) in [5.41, 5.74) is 0. The molecule has 0 unspecified atom stereocenters. The van der Waals surface area contributed by atoms with Gasteiger partial charge in [-0.1, -0.05) is 20.8 Å². The van der Waals surface area contributed by atoms with Gasteiger partial charge in [0.1, 0.15) is 0 Å². The third-order valence-corrected chi connectivity index (χ3v) is 3.17. The van der Waals surface area contributed by atoms with Gasteiger partial charge in [-0.2, -0.15) is 0 Å². The summed E-state index contributed by atoms with van der Waals surface area (Å²) in [7, 11) is 0. The van der Waals surface area contributed by atoms with E-state index in [1.54, 1.807) is 0 Å². The molecule has 0 radical (unpaired) electrons. The molecule has 1 saturated heterocycles. The zero-order chi connectivity index (χ0) is 9.68. The van der Waals surface area contributed by atoms with Gasteiger partial charge in [-0.05, 0) is 44.9 Å². The second kappa shape index (κ2) is 5.61. The van der Waals surface area contributed by atoms with Gasteiger partial charge in [0, 0.05) is 0 Å². The maximum Gasteiger partial charge on any atom is 0.0505 e. The van der Waals surface area contributed by atoms with E-state index in [0.717, 1.165) is 5.92 Å². The van der Waals surface area contributed by atoms with Crippen LogP contribution in [0.5, 0.6) is 0 Å². The third kappa shape index (κ3) is 3.65. The highest BCUT2D eigenvalue weighted by atomic mass is 15.3. The zero-order valence-electron chi connectivity index (χ0n) is 9.42. The van der Waals surface area contributed by atoms with Crippen molar-refractivity contribution in [3.63, 3.8) is 0 Å². The Morgan fingerprint density at radius 1 is 1.15 bits per heavy atom. The first-order valence-electron chi connectivity index (χ1n) is 5.71. The molecule has 2 heteroatoms. The molecule has 1 rings (SSSR count). The van der Waals surface area contributed by atoms with Gasteiger partial charge >= 0.3 is 0 Å². The summed E-state index contributed by atoms with van der Waals surface area (Å²) >= 11 is 0. The van der Waals surface area contributed by atoms with Gasteiger partial charge in [0.05, 0.1) is 6.67 Å². The lowest BCUT2D eigenvalue weighted by Crippen LogP contribution is -2.41. The van der Waals surface area contributed by atoms with E-state index in [-0.39, 0.29) is 0 Å². The summed E-state index contributed by atoms with van der Waals surface area (Å²) in [6.07, 6.45) is 2.78. The van der Waals surface area contributed by atoms with Gasteiger partial charge in [-0.15, -0.1) is 0 Å². The van der Waals surface area contributed by atoms with Crippen LogP contribution in [0.2, 0.25) is 0 Å². The summed E-state index contributed by atoms with van der Waals surface area (Å²) in [4.78, 5) is 5.09. The summed E-state index contributed by atoms with van der Waals surface area (Å²) in [5.74, 6) is 0.952.